The molecule has 0 atom stereocenters. The second-order valence-corrected chi connectivity index (χ2v) is 7.31. The van der Waals surface area contributed by atoms with Gasteiger partial charge in [0, 0.05) is 39.9 Å². The molecule has 7 nitrogen and oxygen atoms in total. The van der Waals surface area contributed by atoms with E-state index in [1.807, 2.05) is 0 Å². The summed E-state index contributed by atoms with van der Waals surface area (Å²) in [4.78, 5) is 30.2. The van der Waals surface area contributed by atoms with Crippen LogP contribution in [-0.4, -0.2) is 62.6 Å². The van der Waals surface area contributed by atoms with Crippen LogP contribution < -0.4 is 10.6 Å². The zero-order chi connectivity index (χ0) is 19.8. The second kappa shape index (κ2) is 10.2. The van der Waals surface area contributed by atoms with Crippen molar-refractivity contribution in [1.29, 1.82) is 0 Å². The summed E-state index contributed by atoms with van der Waals surface area (Å²) < 4.78 is 5.62. The summed E-state index contributed by atoms with van der Waals surface area (Å²) in [5, 5.41) is 6.53. The van der Waals surface area contributed by atoms with Crippen LogP contribution in [0.2, 0.25) is 0 Å². The summed E-state index contributed by atoms with van der Waals surface area (Å²) in [5.41, 5.74) is 1.02. The van der Waals surface area contributed by atoms with E-state index in [4.69, 9.17) is 4.74 Å². The molecule has 1 aliphatic heterocycles. The van der Waals surface area contributed by atoms with E-state index in [1.54, 1.807) is 31.3 Å². The predicted molar refractivity (Wildman–Crippen MR) is 109 cm³/mol. The number of rotatable bonds is 11. The molecule has 2 N–H and O–H groups in total. The quantitative estimate of drug-likeness (QED) is 0.263. The number of hydrogen-bond donors (Lipinski definition) is 2. The summed E-state index contributed by atoms with van der Waals surface area (Å²) in [7, 11) is 1.75. The van der Waals surface area contributed by atoms with Crippen molar-refractivity contribution in [1.82, 2.24) is 15.5 Å². The maximum absolute atomic E-state index is 12.3. The molecule has 0 spiro atoms. The second-order valence-electron chi connectivity index (χ2n) is 7.31. The molecule has 1 fully saturated rings. The van der Waals surface area contributed by atoms with Crippen LogP contribution in [0, 0.1) is 5.92 Å². The Bertz CT molecular complexity index is 680. The van der Waals surface area contributed by atoms with Crippen LogP contribution in [-0.2, 0) is 4.74 Å². The van der Waals surface area contributed by atoms with E-state index in [1.165, 1.54) is 17.7 Å². The molecule has 1 aliphatic carbocycles. The molecule has 2 amide bonds. The first-order valence-electron chi connectivity index (χ1n) is 10.2. The number of ether oxygens (including phenoxy) is 1. The minimum Gasteiger partial charge on any atom is -0.381 e. The molecular weight excluding hydrogens is 356 g/mol. The number of carbonyl (C=O) groups excluding carboxylic acids is 2. The van der Waals surface area contributed by atoms with Crippen molar-refractivity contribution >= 4 is 17.8 Å². The largest absolute Gasteiger partial charge is 0.381 e. The number of nitrogens with one attached hydrogen (secondary N) is 2. The lowest BCUT2D eigenvalue weighted by Gasteiger charge is -2.15. The van der Waals surface area contributed by atoms with Gasteiger partial charge >= 0.3 is 0 Å². The molecule has 152 valence electrons. The van der Waals surface area contributed by atoms with E-state index in [2.05, 4.69) is 15.6 Å². The van der Waals surface area contributed by atoms with Crippen LogP contribution >= 0.6 is 0 Å². The van der Waals surface area contributed by atoms with Gasteiger partial charge in [-0.3, -0.25) is 19.5 Å². The number of carbonyl (C=O) groups is 2. The highest BCUT2D eigenvalue weighted by Gasteiger charge is 2.34. The minimum absolute atomic E-state index is 0.185. The van der Waals surface area contributed by atoms with E-state index in [0.29, 0.717) is 17.7 Å². The van der Waals surface area contributed by atoms with Crippen molar-refractivity contribution in [3.05, 3.63) is 35.4 Å². The van der Waals surface area contributed by atoms with Gasteiger partial charge in [-0.15, -0.1) is 0 Å². The van der Waals surface area contributed by atoms with Crippen molar-refractivity contribution < 1.29 is 14.3 Å². The number of amides is 2. The lowest BCUT2D eigenvalue weighted by atomic mass is 10.1. The third-order valence-electron chi connectivity index (χ3n) is 5.01. The van der Waals surface area contributed by atoms with E-state index >= 15 is 0 Å². The van der Waals surface area contributed by atoms with Gasteiger partial charge in [0.1, 0.15) is 0 Å². The first-order valence-corrected chi connectivity index (χ1v) is 10.2. The zero-order valence-corrected chi connectivity index (χ0v) is 16.6. The topological polar surface area (TPSA) is 83.0 Å². The first kappa shape index (κ1) is 20.3. The zero-order valence-electron chi connectivity index (χ0n) is 16.6. The lowest BCUT2D eigenvalue weighted by Crippen LogP contribution is -2.38. The maximum Gasteiger partial charge on any atom is 0.261 e. The van der Waals surface area contributed by atoms with Gasteiger partial charge < -0.3 is 15.4 Å². The van der Waals surface area contributed by atoms with E-state index in [9.17, 15) is 9.59 Å². The number of guanidine groups is 1. The molecule has 1 saturated carbocycles. The Morgan fingerprint density at radius 1 is 1.07 bits per heavy atom. The Morgan fingerprint density at radius 2 is 1.71 bits per heavy atom. The number of nitrogens with zero attached hydrogens (tertiary/aromatic N) is 2. The van der Waals surface area contributed by atoms with Gasteiger partial charge in [-0.25, -0.2) is 0 Å². The third kappa shape index (κ3) is 5.55. The standard InChI is InChI=1S/C21H30N4O3/c1-22-21(24-12-6-14-28-15-16-9-10-16)23-11-4-5-13-25-19(26)17-7-2-3-8-18(17)20(25)27/h2-3,7-8,16H,4-6,9-15H2,1H3,(H2,22,23,24). The maximum atomic E-state index is 12.3. The summed E-state index contributed by atoms with van der Waals surface area (Å²) in [6, 6.07) is 7.00. The SMILES string of the molecule is CN=C(NCCCCN1C(=O)c2ccccc2C1=O)NCCCOCC1CC1. The van der Waals surface area contributed by atoms with E-state index in [0.717, 1.165) is 57.4 Å². The van der Waals surface area contributed by atoms with Gasteiger partial charge in [0.25, 0.3) is 11.8 Å². The Balaban J connectivity index is 1.25. The smallest absolute Gasteiger partial charge is 0.261 e. The fraction of sp³-hybridized carbons (Fsp3) is 0.571. The number of benzene rings is 1. The lowest BCUT2D eigenvalue weighted by molar-refractivity contribution is 0.0652. The fourth-order valence-electron chi connectivity index (χ4n) is 3.18. The number of hydrogen-bond acceptors (Lipinski definition) is 4. The van der Waals surface area contributed by atoms with Gasteiger partial charge in [0.15, 0.2) is 5.96 Å². The molecule has 0 bridgehead atoms. The molecule has 1 heterocycles. The Kier molecular flexibility index (Phi) is 7.42. The number of aliphatic imine (C=N–C) groups is 1. The molecule has 0 aromatic heterocycles. The van der Waals surface area contributed by atoms with Gasteiger partial charge in [-0.05, 0) is 50.2 Å². The minimum atomic E-state index is -0.185. The third-order valence-corrected chi connectivity index (χ3v) is 5.01. The number of unbranched alkanes of at least 4 members (excludes halogenated alkanes) is 1. The highest BCUT2D eigenvalue weighted by atomic mass is 16.5. The van der Waals surface area contributed by atoms with Crippen molar-refractivity contribution in [2.45, 2.75) is 32.1 Å². The summed E-state index contributed by atoms with van der Waals surface area (Å²) in [6.45, 7) is 3.68. The van der Waals surface area contributed by atoms with Crippen LogP contribution in [0.25, 0.3) is 0 Å². The number of imide groups is 1. The predicted octanol–water partition coefficient (Wildman–Crippen LogP) is 2.04. The van der Waals surface area contributed by atoms with Crippen molar-refractivity contribution in [3.63, 3.8) is 0 Å². The molecular formula is C21H30N4O3. The van der Waals surface area contributed by atoms with E-state index in [-0.39, 0.29) is 11.8 Å². The van der Waals surface area contributed by atoms with Crippen LogP contribution in [0.5, 0.6) is 0 Å². The molecule has 0 saturated heterocycles. The molecule has 0 unspecified atom stereocenters. The molecule has 1 aromatic rings. The van der Waals surface area contributed by atoms with Gasteiger partial charge in [-0.1, -0.05) is 12.1 Å². The summed E-state index contributed by atoms with van der Waals surface area (Å²) in [6.07, 6.45) is 5.19. The van der Waals surface area contributed by atoms with Crippen molar-refractivity contribution in [2.75, 3.05) is 39.9 Å². The Labute approximate surface area is 166 Å². The van der Waals surface area contributed by atoms with Gasteiger partial charge in [0.2, 0.25) is 0 Å². The van der Waals surface area contributed by atoms with Crippen molar-refractivity contribution in [2.24, 2.45) is 10.9 Å². The van der Waals surface area contributed by atoms with Crippen LogP contribution in [0.15, 0.2) is 29.3 Å². The first-order chi connectivity index (χ1) is 13.7. The van der Waals surface area contributed by atoms with Crippen LogP contribution in [0.3, 0.4) is 0 Å². The Morgan fingerprint density at radius 3 is 2.32 bits per heavy atom. The molecule has 7 heteroatoms. The fourth-order valence-corrected chi connectivity index (χ4v) is 3.18. The average Bonchev–Trinajstić information content (AvgIpc) is 3.51. The normalized spacial score (nSPS) is 16.5. The van der Waals surface area contributed by atoms with E-state index < -0.39 is 0 Å². The monoisotopic (exact) mass is 386 g/mol. The molecule has 28 heavy (non-hydrogen) atoms. The van der Waals surface area contributed by atoms with Crippen molar-refractivity contribution in [3.8, 4) is 0 Å². The highest BCUT2D eigenvalue weighted by Crippen LogP contribution is 2.28. The molecule has 3 rings (SSSR count). The van der Waals surface area contributed by atoms with Crippen LogP contribution in [0.4, 0.5) is 0 Å². The molecule has 0 radical (unpaired) electrons. The van der Waals surface area contributed by atoms with Gasteiger partial charge in [0.05, 0.1) is 11.1 Å². The van der Waals surface area contributed by atoms with Gasteiger partial charge in [-0.2, -0.15) is 0 Å². The molecule has 2 aliphatic rings. The Hall–Kier alpha value is -2.41. The highest BCUT2D eigenvalue weighted by molar-refractivity contribution is 6.21. The summed E-state index contributed by atoms with van der Waals surface area (Å²) in [5.74, 6) is 1.20. The molecule has 1 aromatic carbocycles. The average molecular weight is 386 g/mol. The van der Waals surface area contributed by atoms with Crippen LogP contribution in [0.1, 0.15) is 52.8 Å². The number of fused-ring (bicyclic) bond motifs is 1. The summed E-state index contributed by atoms with van der Waals surface area (Å²) >= 11 is 0.